The summed E-state index contributed by atoms with van der Waals surface area (Å²) in [6.45, 7) is 0.0568. The zero-order valence-electron chi connectivity index (χ0n) is 16.5. The molecule has 0 unspecified atom stereocenters. The van der Waals surface area contributed by atoms with Crippen molar-refractivity contribution in [2.24, 2.45) is 4.99 Å². The van der Waals surface area contributed by atoms with E-state index in [9.17, 15) is 9.18 Å². The molecular weight excluding hydrogens is 421 g/mol. The number of nitrogens with zero attached hydrogens (tertiary/aromatic N) is 1. The summed E-state index contributed by atoms with van der Waals surface area (Å²) in [6, 6.07) is 18.5. The number of benzene rings is 3. The number of rotatable bonds is 6. The number of ether oxygens (including phenoxy) is 3. The van der Waals surface area contributed by atoms with Crippen LogP contribution in [0.4, 0.5) is 4.39 Å². The van der Waals surface area contributed by atoms with E-state index in [1.54, 1.807) is 66.7 Å². The normalized spacial score (nSPS) is 14.4. The lowest BCUT2D eigenvalue weighted by Crippen LogP contribution is -2.05. The molecule has 7 heteroatoms. The molecule has 0 aromatic heterocycles. The number of hydrogen-bond acceptors (Lipinski definition) is 5. The highest BCUT2D eigenvalue weighted by Gasteiger charge is 2.25. The van der Waals surface area contributed by atoms with Crippen molar-refractivity contribution in [2.45, 2.75) is 6.61 Å². The lowest BCUT2D eigenvalue weighted by Gasteiger charge is -2.12. The van der Waals surface area contributed by atoms with Crippen LogP contribution in [0.2, 0.25) is 5.02 Å². The van der Waals surface area contributed by atoms with Crippen LogP contribution in [-0.2, 0) is 16.1 Å². The number of methoxy groups -OCH3 is 1. The van der Waals surface area contributed by atoms with Gasteiger partial charge in [0.25, 0.3) is 0 Å². The largest absolute Gasteiger partial charge is 0.493 e. The lowest BCUT2D eigenvalue weighted by atomic mass is 10.1. The van der Waals surface area contributed by atoms with E-state index in [0.717, 1.165) is 0 Å². The zero-order chi connectivity index (χ0) is 21.8. The van der Waals surface area contributed by atoms with Crippen molar-refractivity contribution in [2.75, 3.05) is 7.11 Å². The lowest BCUT2D eigenvalue weighted by molar-refractivity contribution is -0.129. The van der Waals surface area contributed by atoms with Crippen LogP contribution >= 0.6 is 11.6 Å². The number of hydrogen-bond donors (Lipinski definition) is 0. The molecule has 5 nitrogen and oxygen atoms in total. The maximum Gasteiger partial charge on any atom is 0.363 e. The van der Waals surface area contributed by atoms with Crippen molar-refractivity contribution < 1.29 is 23.4 Å². The van der Waals surface area contributed by atoms with Gasteiger partial charge in [-0.1, -0.05) is 48.0 Å². The van der Waals surface area contributed by atoms with E-state index in [1.807, 2.05) is 0 Å². The summed E-state index contributed by atoms with van der Waals surface area (Å²) < 4.78 is 30.2. The molecule has 31 heavy (non-hydrogen) atoms. The second-order valence-corrected chi connectivity index (χ2v) is 7.01. The van der Waals surface area contributed by atoms with Crippen molar-refractivity contribution in [3.05, 3.63) is 100.0 Å². The Kier molecular flexibility index (Phi) is 6.00. The van der Waals surface area contributed by atoms with Gasteiger partial charge in [0, 0.05) is 5.56 Å². The summed E-state index contributed by atoms with van der Waals surface area (Å²) in [5.74, 6) is 0.122. The van der Waals surface area contributed by atoms with Crippen molar-refractivity contribution >= 4 is 29.5 Å². The van der Waals surface area contributed by atoms with Crippen LogP contribution in [0, 0.1) is 5.82 Å². The number of cyclic esters (lactones) is 1. The smallest absolute Gasteiger partial charge is 0.363 e. The van der Waals surface area contributed by atoms with E-state index in [-0.39, 0.29) is 24.0 Å². The number of halogens is 2. The van der Waals surface area contributed by atoms with Crippen LogP contribution < -0.4 is 9.47 Å². The van der Waals surface area contributed by atoms with Gasteiger partial charge in [-0.05, 0) is 42.0 Å². The van der Waals surface area contributed by atoms with Crippen LogP contribution in [0.3, 0.4) is 0 Å². The van der Waals surface area contributed by atoms with E-state index in [0.29, 0.717) is 33.2 Å². The van der Waals surface area contributed by atoms with Crippen molar-refractivity contribution in [1.29, 1.82) is 0 Å². The summed E-state index contributed by atoms with van der Waals surface area (Å²) in [4.78, 5) is 16.5. The second-order valence-electron chi connectivity index (χ2n) is 6.61. The molecule has 1 heterocycles. The van der Waals surface area contributed by atoms with Gasteiger partial charge in [0.05, 0.1) is 17.7 Å². The average molecular weight is 438 g/mol. The number of carbonyl (C=O) groups excluding carboxylic acids is 1. The molecule has 156 valence electrons. The third kappa shape index (κ3) is 4.59. The van der Waals surface area contributed by atoms with Gasteiger partial charge in [-0.25, -0.2) is 14.2 Å². The average Bonchev–Trinajstić information content (AvgIpc) is 3.13. The Morgan fingerprint density at radius 3 is 2.61 bits per heavy atom. The van der Waals surface area contributed by atoms with E-state index in [4.69, 9.17) is 25.8 Å². The van der Waals surface area contributed by atoms with Gasteiger partial charge in [0.15, 0.2) is 17.2 Å². The van der Waals surface area contributed by atoms with Crippen LogP contribution in [0.25, 0.3) is 6.08 Å². The quantitative estimate of drug-likeness (QED) is 0.382. The van der Waals surface area contributed by atoms with E-state index in [1.165, 1.54) is 13.2 Å². The van der Waals surface area contributed by atoms with Crippen LogP contribution in [0.5, 0.6) is 11.5 Å². The third-order valence-electron chi connectivity index (χ3n) is 4.56. The topological polar surface area (TPSA) is 57.1 Å². The standard InChI is InChI=1S/C24H17ClFNO4/c1-29-22-13-15(10-11-21(22)30-14-16-6-2-5-9-19(16)26)12-20-24(28)31-23(27-20)17-7-3-4-8-18(17)25/h2-13H,14H2,1H3. The first kappa shape index (κ1) is 20.6. The minimum atomic E-state index is -0.575. The maximum absolute atomic E-state index is 13.8. The summed E-state index contributed by atoms with van der Waals surface area (Å²) in [7, 11) is 1.50. The molecule has 0 fully saturated rings. The fourth-order valence-corrected chi connectivity index (χ4v) is 3.20. The molecule has 0 N–H and O–H groups in total. The highest BCUT2D eigenvalue weighted by Crippen LogP contribution is 2.31. The van der Waals surface area contributed by atoms with E-state index < -0.39 is 5.97 Å². The summed E-state index contributed by atoms with van der Waals surface area (Å²) in [5, 5.41) is 0.438. The predicted molar refractivity (Wildman–Crippen MR) is 116 cm³/mol. The predicted octanol–water partition coefficient (Wildman–Crippen LogP) is 5.41. The molecule has 4 rings (SSSR count). The van der Waals surface area contributed by atoms with E-state index >= 15 is 0 Å². The first-order valence-electron chi connectivity index (χ1n) is 9.37. The van der Waals surface area contributed by atoms with Gasteiger partial charge in [-0.2, -0.15) is 0 Å². The van der Waals surface area contributed by atoms with Crippen LogP contribution in [0.1, 0.15) is 16.7 Å². The molecule has 0 radical (unpaired) electrons. The van der Waals surface area contributed by atoms with Gasteiger partial charge in [-0.3, -0.25) is 0 Å². The fourth-order valence-electron chi connectivity index (χ4n) is 2.98. The molecule has 0 atom stereocenters. The highest BCUT2D eigenvalue weighted by atomic mass is 35.5. The SMILES string of the molecule is COc1cc(C=C2N=C(c3ccccc3Cl)OC2=O)ccc1OCc1ccccc1F. The Hall–Kier alpha value is -3.64. The second kappa shape index (κ2) is 9.02. The fraction of sp³-hybridized carbons (Fsp3) is 0.0833. The van der Waals surface area contributed by atoms with Crippen molar-refractivity contribution in [1.82, 2.24) is 0 Å². The van der Waals surface area contributed by atoms with Crippen molar-refractivity contribution in [3.63, 3.8) is 0 Å². The van der Waals surface area contributed by atoms with Crippen LogP contribution in [0.15, 0.2) is 77.4 Å². The monoisotopic (exact) mass is 437 g/mol. The molecular formula is C24H17ClFNO4. The number of esters is 1. The Labute approximate surface area is 183 Å². The van der Waals surface area contributed by atoms with Gasteiger partial charge in [0.2, 0.25) is 5.90 Å². The minimum Gasteiger partial charge on any atom is -0.493 e. The van der Waals surface area contributed by atoms with E-state index in [2.05, 4.69) is 4.99 Å². The third-order valence-corrected chi connectivity index (χ3v) is 4.89. The Bertz CT molecular complexity index is 1210. The van der Waals surface area contributed by atoms with Crippen LogP contribution in [-0.4, -0.2) is 19.0 Å². The van der Waals surface area contributed by atoms with Gasteiger partial charge < -0.3 is 14.2 Å². The zero-order valence-corrected chi connectivity index (χ0v) is 17.2. The molecule has 0 bridgehead atoms. The molecule has 0 saturated heterocycles. The molecule has 0 aliphatic carbocycles. The molecule has 1 aliphatic heterocycles. The molecule has 1 aliphatic rings. The molecule has 3 aromatic carbocycles. The Balaban J connectivity index is 1.56. The first-order valence-corrected chi connectivity index (χ1v) is 9.74. The Morgan fingerprint density at radius 2 is 1.84 bits per heavy atom. The van der Waals surface area contributed by atoms with Gasteiger partial charge in [-0.15, -0.1) is 0 Å². The Morgan fingerprint density at radius 1 is 1.06 bits per heavy atom. The maximum atomic E-state index is 13.8. The number of aliphatic imine (C=N–C) groups is 1. The molecule has 0 spiro atoms. The first-order chi connectivity index (χ1) is 15.0. The summed E-state index contributed by atoms with van der Waals surface area (Å²) >= 11 is 6.16. The summed E-state index contributed by atoms with van der Waals surface area (Å²) in [6.07, 6.45) is 1.58. The van der Waals surface area contributed by atoms with Gasteiger partial charge >= 0.3 is 5.97 Å². The van der Waals surface area contributed by atoms with Crippen molar-refractivity contribution in [3.8, 4) is 11.5 Å². The highest BCUT2D eigenvalue weighted by molar-refractivity contribution is 6.34. The molecule has 0 amide bonds. The number of carbonyl (C=O) groups is 1. The molecule has 0 saturated carbocycles. The summed E-state index contributed by atoms with van der Waals surface area (Å²) in [5.41, 5.74) is 1.77. The molecule has 3 aromatic rings. The minimum absolute atomic E-state index is 0.0568. The van der Waals surface area contributed by atoms with Gasteiger partial charge in [0.1, 0.15) is 12.4 Å².